The van der Waals surface area contributed by atoms with Gasteiger partial charge < -0.3 is 10.0 Å². The van der Waals surface area contributed by atoms with Gasteiger partial charge in [0.15, 0.2) is 0 Å². The van der Waals surface area contributed by atoms with Crippen molar-refractivity contribution < 1.29 is 9.90 Å². The fraction of sp³-hybridized carbons (Fsp3) is 0.923. The van der Waals surface area contributed by atoms with E-state index < -0.39 is 5.97 Å². The van der Waals surface area contributed by atoms with Crippen LogP contribution in [0.5, 0.6) is 0 Å². The van der Waals surface area contributed by atoms with Crippen molar-refractivity contribution in [3.8, 4) is 0 Å². The molecule has 4 nitrogen and oxygen atoms in total. The molecule has 1 rings (SSSR count). The first-order chi connectivity index (χ1) is 8.13. The SMILES string of the molecule is CCCCCN1CCCC(N(C)CC(=O)O)C1. The van der Waals surface area contributed by atoms with Crippen LogP contribution in [0.25, 0.3) is 0 Å². The summed E-state index contributed by atoms with van der Waals surface area (Å²) in [5.74, 6) is -0.726. The molecule has 4 heteroatoms. The van der Waals surface area contributed by atoms with Gasteiger partial charge in [-0.3, -0.25) is 9.69 Å². The molecule has 0 aromatic heterocycles. The van der Waals surface area contributed by atoms with Crippen molar-refractivity contribution in [1.29, 1.82) is 0 Å². The van der Waals surface area contributed by atoms with Gasteiger partial charge in [0.25, 0.3) is 0 Å². The van der Waals surface area contributed by atoms with Gasteiger partial charge in [-0.15, -0.1) is 0 Å². The molecule has 0 amide bonds. The second-order valence-corrected chi connectivity index (χ2v) is 5.11. The predicted molar refractivity (Wildman–Crippen MR) is 69.3 cm³/mol. The Morgan fingerprint density at radius 1 is 1.47 bits per heavy atom. The minimum absolute atomic E-state index is 0.160. The molecular weight excluding hydrogens is 216 g/mol. The van der Waals surface area contributed by atoms with Gasteiger partial charge >= 0.3 is 5.97 Å². The van der Waals surface area contributed by atoms with E-state index in [1.54, 1.807) is 0 Å². The van der Waals surface area contributed by atoms with Crippen molar-refractivity contribution in [2.75, 3.05) is 33.2 Å². The molecule has 0 bridgehead atoms. The molecule has 1 unspecified atom stereocenters. The monoisotopic (exact) mass is 242 g/mol. The first-order valence-electron chi connectivity index (χ1n) is 6.78. The standard InChI is InChI=1S/C13H26N2O2/c1-3-4-5-8-15-9-6-7-12(10-15)14(2)11-13(16)17/h12H,3-11H2,1-2H3,(H,16,17). The number of carboxylic acids is 1. The number of hydrogen-bond donors (Lipinski definition) is 1. The third kappa shape index (κ3) is 5.50. The predicted octanol–water partition coefficient (Wildman–Crippen LogP) is 1.66. The molecule has 1 saturated heterocycles. The summed E-state index contributed by atoms with van der Waals surface area (Å²) in [6.07, 6.45) is 6.16. The molecule has 0 aromatic carbocycles. The third-order valence-electron chi connectivity index (χ3n) is 3.57. The second kappa shape index (κ2) is 7.67. The summed E-state index contributed by atoms with van der Waals surface area (Å²) in [6, 6.07) is 0.418. The highest BCUT2D eigenvalue weighted by Gasteiger charge is 2.23. The summed E-state index contributed by atoms with van der Waals surface area (Å²) < 4.78 is 0. The second-order valence-electron chi connectivity index (χ2n) is 5.11. The molecule has 1 atom stereocenters. The molecular formula is C13H26N2O2. The van der Waals surface area contributed by atoms with E-state index in [0.29, 0.717) is 6.04 Å². The van der Waals surface area contributed by atoms with Crippen LogP contribution < -0.4 is 0 Å². The Kier molecular flexibility index (Phi) is 6.52. The topological polar surface area (TPSA) is 43.8 Å². The first-order valence-corrected chi connectivity index (χ1v) is 6.78. The molecule has 1 aliphatic rings. The Morgan fingerprint density at radius 2 is 2.24 bits per heavy atom. The molecule has 1 fully saturated rings. The normalized spacial score (nSPS) is 21.9. The molecule has 0 saturated carbocycles. The van der Waals surface area contributed by atoms with Crippen LogP contribution in [0.1, 0.15) is 39.0 Å². The molecule has 17 heavy (non-hydrogen) atoms. The summed E-state index contributed by atoms with van der Waals surface area (Å²) >= 11 is 0. The number of likely N-dealkylation sites (N-methyl/N-ethyl adjacent to an activating group) is 1. The Morgan fingerprint density at radius 3 is 2.88 bits per heavy atom. The summed E-state index contributed by atoms with van der Waals surface area (Å²) in [6.45, 7) is 5.77. The van der Waals surface area contributed by atoms with E-state index in [-0.39, 0.29) is 6.54 Å². The molecule has 1 N–H and O–H groups in total. The fourth-order valence-electron chi connectivity index (χ4n) is 2.52. The van der Waals surface area contributed by atoms with Gasteiger partial charge in [-0.1, -0.05) is 19.8 Å². The van der Waals surface area contributed by atoms with Crippen LogP contribution in [0.15, 0.2) is 0 Å². The molecule has 1 aliphatic heterocycles. The summed E-state index contributed by atoms with van der Waals surface area (Å²) in [4.78, 5) is 15.2. The lowest BCUT2D eigenvalue weighted by Gasteiger charge is -2.37. The van der Waals surface area contributed by atoms with Gasteiger partial charge in [-0.2, -0.15) is 0 Å². The van der Waals surface area contributed by atoms with Gasteiger partial charge in [0.05, 0.1) is 6.54 Å². The molecule has 1 heterocycles. The fourth-order valence-corrected chi connectivity index (χ4v) is 2.52. The largest absolute Gasteiger partial charge is 0.480 e. The minimum atomic E-state index is -0.726. The maximum atomic E-state index is 10.7. The lowest BCUT2D eigenvalue weighted by Crippen LogP contribution is -2.48. The molecule has 0 aromatic rings. The van der Waals surface area contributed by atoms with Gasteiger partial charge in [0, 0.05) is 12.6 Å². The van der Waals surface area contributed by atoms with E-state index in [0.717, 1.165) is 13.0 Å². The lowest BCUT2D eigenvalue weighted by molar-refractivity contribution is -0.138. The van der Waals surface area contributed by atoms with Crippen LogP contribution in [-0.2, 0) is 4.79 Å². The van der Waals surface area contributed by atoms with Crippen molar-refractivity contribution in [2.45, 2.75) is 45.1 Å². The van der Waals surface area contributed by atoms with Crippen molar-refractivity contribution >= 4 is 5.97 Å². The Balaban J connectivity index is 2.29. The van der Waals surface area contributed by atoms with Gasteiger partial charge in [0.1, 0.15) is 0 Å². The van der Waals surface area contributed by atoms with Gasteiger partial charge in [-0.25, -0.2) is 0 Å². The number of rotatable bonds is 7. The van der Waals surface area contributed by atoms with Gasteiger partial charge in [-0.05, 0) is 39.4 Å². The number of unbranched alkanes of at least 4 members (excludes halogenated alkanes) is 2. The Hall–Kier alpha value is -0.610. The van der Waals surface area contributed by atoms with Crippen molar-refractivity contribution in [3.63, 3.8) is 0 Å². The Bertz CT molecular complexity index is 233. The smallest absolute Gasteiger partial charge is 0.317 e. The van der Waals surface area contributed by atoms with E-state index in [9.17, 15) is 4.79 Å². The van der Waals surface area contributed by atoms with E-state index in [4.69, 9.17) is 5.11 Å². The van der Waals surface area contributed by atoms with E-state index in [1.165, 1.54) is 38.8 Å². The third-order valence-corrected chi connectivity index (χ3v) is 3.57. The zero-order chi connectivity index (χ0) is 12.7. The molecule has 0 spiro atoms. The summed E-state index contributed by atoms with van der Waals surface area (Å²) in [5, 5.41) is 8.80. The highest BCUT2D eigenvalue weighted by atomic mass is 16.4. The average molecular weight is 242 g/mol. The van der Waals surface area contributed by atoms with Crippen LogP contribution in [0.3, 0.4) is 0 Å². The van der Waals surface area contributed by atoms with Crippen molar-refractivity contribution in [2.24, 2.45) is 0 Å². The number of likely N-dealkylation sites (tertiary alicyclic amines) is 1. The number of nitrogens with zero attached hydrogens (tertiary/aromatic N) is 2. The number of carboxylic acid groups (broad SMARTS) is 1. The number of piperidine rings is 1. The zero-order valence-electron chi connectivity index (χ0n) is 11.2. The minimum Gasteiger partial charge on any atom is -0.480 e. The van der Waals surface area contributed by atoms with E-state index >= 15 is 0 Å². The molecule has 0 aliphatic carbocycles. The Labute approximate surface area is 105 Å². The lowest BCUT2D eigenvalue weighted by atomic mass is 10.0. The highest BCUT2D eigenvalue weighted by Crippen LogP contribution is 2.15. The van der Waals surface area contributed by atoms with Crippen LogP contribution in [-0.4, -0.2) is 60.1 Å². The summed E-state index contributed by atoms with van der Waals surface area (Å²) in [5.41, 5.74) is 0. The number of aliphatic carboxylic acids is 1. The number of hydrogen-bond acceptors (Lipinski definition) is 3. The van der Waals surface area contributed by atoms with E-state index in [2.05, 4.69) is 11.8 Å². The first kappa shape index (κ1) is 14.5. The maximum absolute atomic E-state index is 10.7. The van der Waals surface area contributed by atoms with Crippen molar-refractivity contribution in [3.05, 3.63) is 0 Å². The summed E-state index contributed by atoms with van der Waals surface area (Å²) in [7, 11) is 1.92. The van der Waals surface area contributed by atoms with Crippen LogP contribution in [0, 0.1) is 0 Å². The van der Waals surface area contributed by atoms with Crippen LogP contribution >= 0.6 is 0 Å². The van der Waals surface area contributed by atoms with E-state index in [1.807, 2.05) is 11.9 Å². The maximum Gasteiger partial charge on any atom is 0.317 e. The average Bonchev–Trinajstić information content (AvgIpc) is 2.29. The number of carbonyl (C=O) groups is 1. The molecule has 0 radical (unpaired) electrons. The van der Waals surface area contributed by atoms with Crippen LogP contribution in [0.2, 0.25) is 0 Å². The zero-order valence-corrected chi connectivity index (χ0v) is 11.2. The van der Waals surface area contributed by atoms with Gasteiger partial charge in [0.2, 0.25) is 0 Å². The van der Waals surface area contributed by atoms with Crippen molar-refractivity contribution in [1.82, 2.24) is 9.80 Å². The highest BCUT2D eigenvalue weighted by molar-refractivity contribution is 5.69. The molecule has 100 valence electrons. The quantitative estimate of drug-likeness (QED) is 0.690. The van der Waals surface area contributed by atoms with Crippen LogP contribution in [0.4, 0.5) is 0 Å².